The number of nitrogens with zero attached hydrogens (tertiary/aromatic N) is 2. The van der Waals surface area contributed by atoms with Gasteiger partial charge in [-0.05, 0) is 38.3 Å². The molecule has 0 aromatic carbocycles. The van der Waals surface area contributed by atoms with E-state index < -0.39 is 0 Å². The number of carbonyl (C=O) groups excluding carboxylic acids is 1. The third-order valence-electron chi connectivity index (χ3n) is 4.29. The summed E-state index contributed by atoms with van der Waals surface area (Å²) in [6, 6.07) is 0.369. The minimum atomic E-state index is 0.0376. The highest BCUT2D eigenvalue weighted by atomic mass is 16.3. The summed E-state index contributed by atoms with van der Waals surface area (Å²) in [6.07, 6.45) is 6.06. The number of fused-ring (bicyclic) bond motifs is 1. The van der Waals surface area contributed by atoms with Crippen LogP contribution in [-0.2, 0) is 0 Å². The highest BCUT2D eigenvalue weighted by Crippen LogP contribution is 2.28. The molecule has 1 N–H and O–H groups in total. The van der Waals surface area contributed by atoms with Crippen LogP contribution in [0.4, 0.5) is 0 Å². The van der Waals surface area contributed by atoms with E-state index in [0.29, 0.717) is 23.5 Å². The maximum atomic E-state index is 12.6. The Labute approximate surface area is 113 Å². The van der Waals surface area contributed by atoms with Gasteiger partial charge in [0.05, 0.1) is 0 Å². The predicted molar refractivity (Wildman–Crippen MR) is 70.9 cm³/mol. The van der Waals surface area contributed by atoms with Gasteiger partial charge in [-0.1, -0.05) is 6.42 Å². The second kappa shape index (κ2) is 5.33. The maximum absolute atomic E-state index is 12.6. The lowest BCUT2D eigenvalue weighted by atomic mass is 9.89. The Morgan fingerprint density at radius 2 is 2.37 bits per heavy atom. The van der Waals surface area contributed by atoms with Crippen molar-refractivity contribution in [2.75, 3.05) is 19.6 Å². The van der Waals surface area contributed by atoms with Crippen LogP contribution >= 0.6 is 0 Å². The number of amides is 1. The van der Waals surface area contributed by atoms with Gasteiger partial charge in [0.25, 0.3) is 5.91 Å². The van der Waals surface area contributed by atoms with Gasteiger partial charge < -0.3 is 14.6 Å². The first-order chi connectivity index (χ1) is 9.25. The summed E-state index contributed by atoms with van der Waals surface area (Å²) in [7, 11) is 0. The monoisotopic (exact) mass is 263 g/mol. The average molecular weight is 263 g/mol. The van der Waals surface area contributed by atoms with Crippen molar-refractivity contribution in [1.29, 1.82) is 0 Å². The van der Waals surface area contributed by atoms with E-state index >= 15 is 0 Å². The summed E-state index contributed by atoms with van der Waals surface area (Å²) in [5.74, 6) is 1.18. The molecule has 2 aliphatic rings. The molecule has 0 aliphatic carbocycles. The SMILES string of the molecule is Cc1nc(C(=O)N2CCCC[C@H]3CNCC[C@H]32)co1. The maximum Gasteiger partial charge on any atom is 0.276 e. The fourth-order valence-corrected chi connectivity index (χ4v) is 3.33. The summed E-state index contributed by atoms with van der Waals surface area (Å²) in [5, 5.41) is 3.44. The second-order valence-corrected chi connectivity index (χ2v) is 5.57. The van der Waals surface area contributed by atoms with Crippen molar-refractivity contribution in [2.24, 2.45) is 5.92 Å². The molecule has 104 valence electrons. The quantitative estimate of drug-likeness (QED) is 0.836. The van der Waals surface area contributed by atoms with E-state index in [1.807, 2.05) is 4.90 Å². The van der Waals surface area contributed by atoms with Gasteiger partial charge in [-0.25, -0.2) is 4.98 Å². The highest BCUT2D eigenvalue weighted by Gasteiger charge is 2.35. The van der Waals surface area contributed by atoms with Crippen LogP contribution in [0, 0.1) is 12.8 Å². The fourth-order valence-electron chi connectivity index (χ4n) is 3.33. The van der Waals surface area contributed by atoms with E-state index in [0.717, 1.165) is 32.5 Å². The van der Waals surface area contributed by atoms with Crippen LogP contribution in [0.25, 0.3) is 0 Å². The number of nitrogens with one attached hydrogen (secondary N) is 1. The van der Waals surface area contributed by atoms with Crippen molar-refractivity contribution in [3.8, 4) is 0 Å². The lowest BCUT2D eigenvalue weighted by Gasteiger charge is -2.38. The highest BCUT2D eigenvalue weighted by molar-refractivity contribution is 5.92. The first-order valence-electron chi connectivity index (χ1n) is 7.19. The van der Waals surface area contributed by atoms with Crippen LogP contribution in [0.1, 0.15) is 42.1 Å². The average Bonchev–Trinajstić information content (AvgIpc) is 2.74. The zero-order valence-electron chi connectivity index (χ0n) is 11.4. The Balaban J connectivity index is 1.82. The number of hydrogen-bond acceptors (Lipinski definition) is 4. The van der Waals surface area contributed by atoms with E-state index in [4.69, 9.17) is 4.42 Å². The number of hydrogen-bond donors (Lipinski definition) is 1. The molecule has 0 spiro atoms. The van der Waals surface area contributed by atoms with Gasteiger partial charge in [-0.2, -0.15) is 0 Å². The number of oxazole rings is 1. The van der Waals surface area contributed by atoms with E-state index in [-0.39, 0.29) is 5.91 Å². The summed E-state index contributed by atoms with van der Waals surface area (Å²) < 4.78 is 5.17. The van der Waals surface area contributed by atoms with E-state index in [2.05, 4.69) is 10.3 Å². The van der Waals surface area contributed by atoms with E-state index in [1.165, 1.54) is 19.1 Å². The zero-order chi connectivity index (χ0) is 13.2. The molecule has 1 amide bonds. The molecule has 5 heteroatoms. The number of aryl methyl sites for hydroxylation is 1. The van der Waals surface area contributed by atoms with Crippen LogP contribution < -0.4 is 5.32 Å². The topological polar surface area (TPSA) is 58.4 Å². The van der Waals surface area contributed by atoms with Gasteiger partial charge in [0, 0.05) is 19.5 Å². The molecule has 5 nitrogen and oxygen atoms in total. The molecule has 0 unspecified atom stereocenters. The van der Waals surface area contributed by atoms with Crippen molar-refractivity contribution in [2.45, 2.75) is 38.6 Å². The minimum Gasteiger partial charge on any atom is -0.448 e. The third kappa shape index (κ3) is 2.52. The summed E-state index contributed by atoms with van der Waals surface area (Å²) in [6.45, 7) is 4.66. The van der Waals surface area contributed by atoms with E-state index in [1.54, 1.807) is 6.92 Å². The summed E-state index contributed by atoms with van der Waals surface area (Å²) >= 11 is 0. The molecule has 2 fully saturated rings. The Morgan fingerprint density at radius 3 is 3.16 bits per heavy atom. The van der Waals surface area contributed by atoms with Gasteiger partial charge in [0.1, 0.15) is 6.26 Å². The molecule has 2 saturated heterocycles. The second-order valence-electron chi connectivity index (χ2n) is 5.57. The first-order valence-corrected chi connectivity index (χ1v) is 7.19. The van der Waals surface area contributed by atoms with Gasteiger partial charge in [-0.15, -0.1) is 0 Å². The fraction of sp³-hybridized carbons (Fsp3) is 0.714. The lowest BCUT2D eigenvalue weighted by molar-refractivity contribution is 0.0580. The third-order valence-corrected chi connectivity index (χ3v) is 4.29. The number of likely N-dealkylation sites (tertiary alicyclic amines) is 1. The molecule has 1 aromatic rings. The first kappa shape index (κ1) is 12.7. The standard InChI is InChI=1S/C14H21N3O2/c1-10-16-12(9-19-10)14(18)17-7-3-2-4-11-8-15-6-5-13(11)17/h9,11,13,15H,2-8H2,1H3/t11-,13+/m0/s1. The van der Waals surface area contributed by atoms with Crippen molar-refractivity contribution >= 4 is 5.91 Å². The van der Waals surface area contributed by atoms with Crippen LogP contribution in [0.2, 0.25) is 0 Å². The molecule has 2 aliphatic heterocycles. The van der Waals surface area contributed by atoms with Crippen molar-refractivity contribution in [1.82, 2.24) is 15.2 Å². The van der Waals surface area contributed by atoms with Crippen LogP contribution in [-0.4, -0.2) is 41.5 Å². The summed E-state index contributed by atoms with van der Waals surface area (Å²) in [4.78, 5) is 18.8. The predicted octanol–water partition coefficient (Wildman–Crippen LogP) is 1.59. The molecule has 0 radical (unpaired) electrons. The number of carbonyl (C=O) groups is 1. The van der Waals surface area contributed by atoms with Gasteiger partial charge in [0.2, 0.25) is 0 Å². The van der Waals surface area contributed by atoms with Crippen LogP contribution in [0.5, 0.6) is 0 Å². The van der Waals surface area contributed by atoms with Gasteiger partial charge in [0.15, 0.2) is 11.6 Å². The Kier molecular flexibility index (Phi) is 3.55. The van der Waals surface area contributed by atoms with Crippen LogP contribution in [0.3, 0.4) is 0 Å². The minimum absolute atomic E-state index is 0.0376. The zero-order valence-corrected chi connectivity index (χ0v) is 11.4. The molecule has 1 aromatic heterocycles. The molecule has 3 heterocycles. The number of aromatic nitrogens is 1. The Bertz CT molecular complexity index is 457. The molecular weight excluding hydrogens is 242 g/mol. The largest absolute Gasteiger partial charge is 0.448 e. The number of rotatable bonds is 1. The summed E-state index contributed by atoms with van der Waals surface area (Å²) in [5.41, 5.74) is 0.455. The molecule has 0 bridgehead atoms. The lowest BCUT2D eigenvalue weighted by Crippen LogP contribution is -2.51. The number of piperidine rings is 1. The normalized spacial score (nSPS) is 27.7. The van der Waals surface area contributed by atoms with E-state index in [9.17, 15) is 4.79 Å². The molecular formula is C14H21N3O2. The smallest absolute Gasteiger partial charge is 0.276 e. The molecule has 2 atom stereocenters. The van der Waals surface area contributed by atoms with Crippen LogP contribution in [0.15, 0.2) is 10.7 Å². The Morgan fingerprint density at radius 1 is 1.47 bits per heavy atom. The molecule has 3 rings (SSSR count). The van der Waals surface area contributed by atoms with Gasteiger partial charge in [-0.3, -0.25) is 4.79 Å². The molecule has 19 heavy (non-hydrogen) atoms. The van der Waals surface area contributed by atoms with Crippen molar-refractivity contribution < 1.29 is 9.21 Å². The van der Waals surface area contributed by atoms with Crippen molar-refractivity contribution in [3.05, 3.63) is 17.8 Å². The van der Waals surface area contributed by atoms with Crippen molar-refractivity contribution in [3.63, 3.8) is 0 Å². The molecule has 0 saturated carbocycles. The Hall–Kier alpha value is -1.36. The van der Waals surface area contributed by atoms with Gasteiger partial charge >= 0.3 is 0 Å².